The van der Waals surface area contributed by atoms with Crippen molar-refractivity contribution in [2.45, 2.75) is 12.2 Å². The Kier molecular flexibility index (Phi) is 4.32. The van der Waals surface area contributed by atoms with Gasteiger partial charge in [-0.25, -0.2) is 4.79 Å². The second-order valence-corrected chi connectivity index (χ2v) is 3.55. The first-order chi connectivity index (χ1) is 8.40. The third-order valence-electron chi connectivity index (χ3n) is 2.41. The molecule has 1 aromatic carbocycles. The number of hydrogen-bond acceptors (Lipinski definition) is 6. The molecule has 0 fully saturated rings. The summed E-state index contributed by atoms with van der Waals surface area (Å²) >= 11 is 0. The molecule has 2 unspecified atom stereocenters. The fraction of sp³-hybridized carbons (Fsp3) is 0.300. The molecule has 8 heteroatoms. The minimum atomic E-state index is -1.73. The van der Waals surface area contributed by atoms with Gasteiger partial charge in [-0.05, 0) is 6.07 Å². The zero-order valence-electron chi connectivity index (χ0n) is 9.18. The zero-order valence-corrected chi connectivity index (χ0v) is 9.18. The highest BCUT2D eigenvalue weighted by Gasteiger charge is 2.30. The van der Waals surface area contributed by atoms with Gasteiger partial charge in [-0.2, -0.15) is 0 Å². The van der Waals surface area contributed by atoms with Crippen LogP contribution >= 0.6 is 0 Å². The van der Waals surface area contributed by atoms with Crippen molar-refractivity contribution >= 4 is 11.7 Å². The van der Waals surface area contributed by atoms with Gasteiger partial charge in [0, 0.05) is 12.6 Å². The highest BCUT2D eigenvalue weighted by atomic mass is 16.6. The largest absolute Gasteiger partial charge is 0.478 e. The average molecular weight is 256 g/mol. The van der Waals surface area contributed by atoms with E-state index in [1.807, 2.05) is 0 Å². The number of carbonyl (C=O) groups is 1. The van der Waals surface area contributed by atoms with Crippen LogP contribution in [-0.4, -0.2) is 38.9 Å². The Hall–Kier alpha value is -2.03. The number of nitrogens with zero attached hydrogens (tertiary/aromatic N) is 1. The van der Waals surface area contributed by atoms with Gasteiger partial charge in [-0.3, -0.25) is 10.1 Å². The van der Waals surface area contributed by atoms with Crippen LogP contribution in [0.1, 0.15) is 22.0 Å². The first kappa shape index (κ1) is 14.0. The topological polar surface area (TPSA) is 147 Å². The summed E-state index contributed by atoms with van der Waals surface area (Å²) in [5.74, 6) is -1.43. The second kappa shape index (κ2) is 5.54. The summed E-state index contributed by atoms with van der Waals surface area (Å²) in [5.41, 5.74) is 3.67. The van der Waals surface area contributed by atoms with Crippen LogP contribution in [0.4, 0.5) is 5.69 Å². The van der Waals surface area contributed by atoms with E-state index in [4.69, 9.17) is 10.8 Å². The number of nitro groups is 1. The number of benzene rings is 1. The van der Waals surface area contributed by atoms with Crippen LogP contribution in [0.5, 0.6) is 0 Å². The molecule has 0 aliphatic carbocycles. The second-order valence-electron chi connectivity index (χ2n) is 3.55. The average Bonchev–Trinajstić information content (AvgIpc) is 2.35. The molecule has 0 bridgehead atoms. The van der Waals surface area contributed by atoms with E-state index < -0.39 is 39.9 Å². The molecule has 1 aromatic rings. The van der Waals surface area contributed by atoms with Crippen LogP contribution in [0.2, 0.25) is 0 Å². The Morgan fingerprint density at radius 2 is 2.06 bits per heavy atom. The number of carboxylic acid groups (broad SMARTS) is 1. The summed E-state index contributed by atoms with van der Waals surface area (Å²) in [5, 5.41) is 38.9. The Balaban J connectivity index is 3.44. The van der Waals surface area contributed by atoms with Crippen molar-refractivity contribution in [1.82, 2.24) is 0 Å². The predicted octanol–water partition coefficient (Wildman–Crippen LogP) is -0.354. The number of aliphatic hydroxyl groups excluding tert-OH is 2. The maximum Gasteiger partial charge on any atom is 0.336 e. The Morgan fingerprint density at radius 3 is 2.50 bits per heavy atom. The molecule has 0 spiro atoms. The standard InChI is InChI=1S/C10H12N2O6/c11-4-7(13)9(14)8-5(10(15)16)2-1-3-6(8)12(17)18/h1-3,7,9,13-14H,4,11H2,(H,15,16). The van der Waals surface area contributed by atoms with E-state index in [-0.39, 0.29) is 6.54 Å². The molecule has 1 rings (SSSR count). The molecule has 0 aliphatic rings. The molecule has 0 amide bonds. The van der Waals surface area contributed by atoms with Crippen LogP contribution in [-0.2, 0) is 0 Å². The van der Waals surface area contributed by atoms with Gasteiger partial charge in [-0.1, -0.05) is 6.07 Å². The van der Waals surface area contributed by atoms with Crippen molar-refractivity contribution in [2.75, 3.05) is 6.54 Å². The summed E-state index contributed by atoms with van der Waals surface area (Å²) in [6, 6.07) is 3.35. The Labute approximate surface area is 101 Å². The summed E-state index contributed by atoms with van der Waals surface area (Å²) in [4.78, 5) is 20.9. The minimum absolute atomic E-state index is 0.355. The number of hydrogen-bond donors (Lipinski definition) is 4. The molecular formula is C10H12N2O6. The van der Waals surface area contributed by atoms with Crippen molar-refractivity contribution in [3.8, 4) is 0 Å². The lowest BCUT2D eigenvalue weighted by atomic mass is 9.96. The third kappa shape index (κ3) is 2.62. The van der Waals surface area contributed by atoms with Gasteiger partial charge in [0.25, 0.3) is 5.69 Å². The van der Waals surface area contributed by atoms with E-state index in [0.717, 1.165) is 12.1 Å². The number of aromatic carboxylic acids is 1. The normalized spacial score (nSPS) is 13.9. The molecule has 0 saturated carbocycles. The van der Waals surface area contributed by atoms with Gasteiger partial charge >= 0.3 is 5.97 Å². The maximum atomic E-state index is 11.0. The summed E-state index contributed by atoms with van der Waals surface area (Å²) < 4.78 is 0. The molecule has 0 saturated heterocycles. The number of rotatable bonds is 5. The van der Waals surface area contributed by atoms with Gasteiger partial charge < -0.3 is 21.1 Å². The molecule has 2 atom stereocenters. The fourth-order valence-electron chi connectivity index (χ4n) is 1.53. The van der Waals surface area contributed by atoms with Crippen molar-refractivity contribution in [3.63, 3.8) is 0 Å². The van der Waals surface area contributed by atoms with Gasteiger partial charge in [0.15, 0.2) is 0 Å². The highest BCUT2D eigenvalue weighted by Crippen LogP contribution is 2.30. The number of aliphatic hydroxyl groups is 2. The van der Waals surface area contributed by atoms with Crippen LogP contribution < -0.4 is 5.73 Å². The molecule has 18 heavy (non-hydrogen) atoms. The van der Waals surface area contributed by atoms with E-state index in [2.05, 4.69) is 0 Å². The van der Waals surface area contributed by atoms with Crippen molar-refractivity contribution in [2.24, 2.45) is 5.73 Å². The van der Waals surface area contributed by atoms with Gasteiger partial charge in [0.2, 0.25) is 0 Å². The van der Waals surface area contributed by atoms with E-state index in [9.17, 15) is 25.1 Å². The lowest BCUT2D eigenvalue weighted by Gasteiger charge is -2.18. The quantitative estimate of drug-likeness (QED) is 0.415. The van der Waals surface area contributed by atoms with Crippen LogP contribution in [0, 0.1) is 10.1 Å². The highest BCUT2D eigenvalue weighted by molar-refractivity contribution is 5.91. The van der Waals surface area contributed by atoms with Crippen LogP contribution in [0.15, 0.2) is 18.2 Å². The predicted molar refractivity (Wildman–Crippen MR) is 60.1 cm³/mol. The molecule has 5 N–H and O–H groups in total. The monoisotopic (exact) mass is 256 g/mol. The minimum Gasteiger partial charge on any atom is -0.478 e. The van der Waals surface area contributed by atoms with Crippen molar-refractivity contribution in [1.29, 1.82) is 0 Å². The number of nitro benzene ring substituents is 1. The maximum absolute atomic E-state index is 11.0. The molecular weight excluding hydrogens is 244 g/mol. The number of carboxylic acids is 1. The van der Waals surface area contributed by atoms with Crippen molar-refractivity contribution < 1.29 is 25.0 Å². The molecule has 0 radical (unpaired) electrons. The Morgan fingerprint density at radius 1 is 1.44 bits per heavy atom. The lowest BCUT2D eigenvalue weighted by molar-refractivity contribution is -0.386. The van der Waals surface area contributed by atoms with Crippen LogP contribution in [0.3, 0.4) is 0 Å². The third-order valence-corrected chi connectivity index (χ3v) is 2.41. The summed E-state index contributed by atoms with van der Waals surface area (Å²) in [6.45, 7) is -0.355. The van der Waals surface area contributed by atoms with Gasteiger partial charge in [0.1, 0.15) is 6.10 Å². The van der Waals surface area contributed by atoms with Crippen LogP contribution in [0.25, 0.3) is 0 Å². The first-order valence-electron chi connectivity index (χ1n) is 4.97. The van der Waals surface area contributed by atoms with E-state index in [0.29, 0.717) is 0 Å². The van der Waals surface area contributed by atoms with E-state index in [1.54, 1.807) is 0 Å². The van der Waals surface area contributed by atoms with E-state index in [1.165, 1.54) is 6.07 Å². The molecule has 0 aromatic heterocycles. The van der Waals surface area contributed by atoms with Gasteiger partial charge in [0.05, 0.1) is 22.2 Å². The molecule has 8 nitrogen and oxygen atoms in total. The molecule has 98 valence electrons. The lowest BCUT2D eigenvalue weighted by Crippen LogP contribution is -2.29. The SMILES string of the molecule is NCC(O)C(O)c1c(C(=O)O)cccc1[N+](=O)[O-]. The molecule has 0 heterocycles. The van der Waals surface area contributed by atoms with E-state index >= 15 is 0 Å². The smallest absolute Gasteiger partial charge is 0.336 e. The summed E-state index contributed by atoms with van der Waals surface area (Å²) in [7, 11) is 0. The number of nitrogens with two attached hydrogens (primary N) is 1. The Bertz CT molecular complexity index is 443. The summed E-state index contributed by atoms with van der Waals surface area (Å²) in [6.07, 6.45) is -3.22. The molecule has 0 aliphatic heterocycles. The van der Waals surface area contributed by atoms with Gasteiger partial charge in [-0.15, -0.1) is 0 Å². The zero-order chi connectivity index (χ0) is 13.9. The fourth-order valence-corrected chi connectivity index (χ4v) is 1.53. The first-order valence-corrected chi connectivity index (χ1v) is 4.97. The van der Waals surface area contributed by atoms with Crippen molar-refractivity contribution in [3.05, 3.63) is 39.4 Å².